The summed E-state index contributed by atoms with van der Waals surface area (Å²) in [5, 5.41) is 12.1. The van der Waals surface area contributed by atoms with Crippen molar-refractivity contribution in [3.8, 4) is 0 Å². The first-order valence-electron chi connectivity index (χ1n) is 6.01. The number of thiophene rings is 1. The first-order valence-corrected chi connectivity index (χ1v) is 6.83. The van der Waals surface area contributed by atoms with Gasteiger partial charge in [0.1, 0.15) is 10.6 Å². The van der Waals surface area contributed by atoms with Gasteiger partial charge in [0.05, 0.1) is 17.6 Å². The van der Waals surface area contributed by atoms with E-state index >= 15 is 0 Å². The smallest absolute Gasteiger partial charge is 0.240 e. The zero-order chi connectivity index (χ0) is 13.9. The number of anilines is 2. The van der Waals surface area contributed by atoms with Gasteiger partial charge < -0.3 is 5.32 Å². The Kier molecular flexibility index (Phi) is 3.40. The molecule has 0 radical (unpaired) electrons. The van der Waals surface area contributed by atoms with Crippen LogP contribution in [0.25, 0.3) is 10.2 Å². The molecular formula is C12H13N7S. The van der Waals surface area contributed by atoms with Crippen molar-refractivity contribution < 1.29 is 0 Å². The standard InChI is InChI=1S/C12H13N7S/c1-7-5-9-10(14-6-8-3-2-4-15-19-8)16-12(18-13)17-11(9)20-7/h2-5H,6,13H2,1H3,(H2,14,16,17,18). The van der Waals surface area contributed by atoms with Crippen LogP contribution in [0, 0.1) is 6.92 Å². The van der Waals surface area contributed by atoms with Gasteiger partial charge in [-0.1, -0.05) is 0 Å². The Balaban J connectivity index is 1.93. The molecule has 0 atom stereocenters. The second kappa shape index (κ2) is 5.35. The lowest BCUT2D eigenvalue weighted by Gasteiger charge is -2.07. The van der Waals surface area contributed by atoms with Crippen molar-refractivity contribution in [2.45, 2.75) is 13.5 Å². The highest BCUT2D eigenvalue weighted by atomic mass is 32.1. The van der Waals surface area contributed by atoms with E-state index in [0.717, 1.165) is 21.7 Å². The normalized spacial score (nSPS) is 10.7. The number of fused-ring (bicyclic) bond motifs is 1. The fraction of sp³-hybridized carbons (Fsp3) is 0.167. The van der Waals surface area contributed by atoms with Gasteiger partial charge in [-0.05, 0) is 25.1 Å². The van der Waals surface area contributed by atoms with Crippen LogP contribution < -0.4 is 16.6 Å². The molecule has 3 aromatic heterocycles. The molecule has 0 aliphatic rings. The molecule has 4 N–H and O–H groups in total. The quantitative estimate of drug-likeness (QED) is 0.495. The monoisotopic (exact) mass is 287 g/mol. The fourth-order valence-electron chi connectivity index (χ4n) is 1.84. The third-order valence-corrected chi connectivity index (χ3v) is 3.65. The molecule has 3 aromatic rings. The number of nitrogens with one attached hydrogen (secondary N) is 2. The Bertz CT molecular complexity index is 725. The van der Waals surface area contributed by atoms with E-state index in [4.69, 9.17) is 5.84 Å². The average molecular weight is 287 g/mol. The molecule has 0 spiro atoms. The van der Waals surface area contributed by atoms with Gasteiger partial charge in [-0.15, -0.1) is 11.3 Å². The first-order chi connectivity index (χ1) is 9.76. The summed E-state index contributed by atoms with van der Waals surface area (Å²) in [5.41, 5.74) is 3.32. The van der Waals surface area contributed by atoms with Crippen molar-refractivity contribution >= 4 is 33.3 Å². The summed E-state index contributed by atoms with van der Waals surface area (Å²) in [6.45, 7) is 2.58. The molecule has 0 amide bonds. The summed E-state index contributed by atoms with van der Waals surface area (Å²) in [4.78, 5) is 10.7. The summed E-state index contributed by atoms with van der Waals surface area (Å²) in [5.74, 6) is 6.53. The zero-order valence-electron chi connectivity index (χ0n) is 10.8. The lowest BCUT2D eigenvalue weighted by molar-refractivity contribution is 0.921. The summed E-state index contributed by atoms with van der Waals surface area (Å²) in [6, 6.07) is 5.81. The van der Waals surface area contributed by atoms with E-state index in [1.807, 2.05) is 19.1 Å². The number of nitrogens with two attached hydrogens (primary N) is 1. The molecule has 3 rings (SSSR count). The summed E-state index contributed by atoms with van der Waals surface area (Å²) >= 11 is 1.60. The summed E-state index contributed by atoms with van der Waals surface area (Å²) < 4.78 is 0. The Morgan fingerprint density at radius 1 is 1.35 bits per heavy atom. The molecule has 0 aromatic carbocycles. The zero-order valence-corrected chi connectivity index (χ0v) is 11.6. The summed E-state index contributed by atoms with van der Waals surface area (Å²) in [6.07, 6.45) is 1.64. The molecule has 0 saturated heterocycles. The maximum Gasteiger partial charge on any atom is 0.240 e. The van der Waals surface area contributed by atoms with Crippen molar-refractivity contribution in [1.29, 1.82) is 0 Å². The van der Waals surface area contributed by atoms with E-state index in [1.165, 1.54) is 4.88 Å². The number of nitrogens with zero attached hydrogens (tertiary/aromatic N) is 4. The molecule has 102 valence electrons. The van der Waals surface area contributed by atoms with Gasteiger partial charge in [-0.2, -0.15) is 15.2 Å². The molecule has 20 heavy (non-hydrogen) atoms. The maximum atomic E-state index is 5.40. The molecule has 0 aliphatic heterocycles. The number of hydrogen-bond acceptors (Lipinski definition) is 8. The predicted octanol–water partition coefficient (Wildman–Crippen LogP) is 1.69. The number of rotatable bonds is 4. The minimum absolute atomic E-state index is 0.390. The van der Waals surface area contributed by atoms with Gasteiger partial charge >= 0.3 is 0 Å². The molecule has 0 aliphatic carbocycles. The maximum absolute atomic E-state index is 5.40. The lowest BCUT2D eigenvalue weighted by Crippen LogP contribution is -2.12. The van der Waals surface area contributed by atoms with Gasteiger partial charge in [-0.3, -0.25) is 5.43 Å². The van der Waals surface area contributed by atoms with E-state index in [1.54, 1.807) is 17.5 Å². The third kappa shape index (κ3) is 2.51. The van der Waals surface area contributed by atoms with Crippen LogP contribution in [0.5, 0.6) is 0 Å². The number of hydrazine groups is 1. The number of aryl methyl sites for hydroxylation is 1. The highest BCUT2D eigenvalue weighted by Gasteiger charge is 2.10. The van der Waals surface area contributed by atoms with Crippen LogP contribution in [-0.4, -0.2) is 20.2 Å². The van der Waals surface area contributed by atoms with Crippen LogP contribution in [0.3, 0.4) is 0 Å². The molecule has 7 nitrogen and oxygen atoms in total. The van der Waals surface area contributed by atoms with Crippen molar-refractivity contribution in [3.63, 3.8) is 0 Å². The summed E-state index contributed by atoms with van der Waals surface area (Å²) in [7, 11) is 0. The Morgan fingerprint density at radius 2 is 2.25 bits per heavy atom. The number of hydrogen-bond donors (Lipinski definition) is 3. The predicted molar refractivity (Wildman–Crippen MR) is 79.3 cm³/mol. The Labute approximate surface area is 119 Å². The Morgan fingerprint density at radius 3 is 3.00 bits per heavy atom. The fourth-order valence-corrected chi connectivity index (χ4v) is 2.72. The van der Waals surface area contributed by atoms with E-state index in [9.17, 15) is 0 Å². The van der Waals surface area contributed by atoms with Crippen molar-refractivity contribution in [1.82, 2.24) is 20.2 Å². The minimum Gasteiger partial charge on any atom is -0.364 e. The number of nitrogen functional groups attached to an aromatic ring is 1. The SMILES string of the molecule is Cc1cc2c(NCc3cccnn3)nc(NN)nc2s1. The van der Waals surface area contributed by atoms with Gasteiger partial charge in [0.2, 0.25) is 5.95 Å². The van der Waals surface area contributed by atoms with Crippen LogP contribution in [0.1, 0.15) is 10.6 Å². The van der Waals surface area contributed by atoms with Gasteiger partial charge in [0.25, 0.3) is 0 Å². The Hall–Kier alpha value is -2.32. The molecule has 3 heterocycles. The van der Waals surface area contributed by atoms with E-state index in [2.05, 4.69) is 37.0 Å². The van der Waals surface area contributed by atoms with E-state index < -0.39 is 0 Å². The van der Waals surface area contributed by atoms with E-state index in [-0.39, 0.29) is 0 Å². The second-order valence-corrected chi connectivity index (χ2v) is 5.42. The van der Waals surface area contributed by atoms with Crippen molar-refractivity contribution in [2.24, 2.45) is 5.84 Å². The highest BCUT2D eigenvalue weighted by Crippen LogP contribution is 2.29. The molecule has 0 unspecified atom stereocenters. The first kappa shape index (κ1) is 12.7. The van der Waals surface area contributed by atoms with Crippen molar-refractivity contribution in [2.75, 3.05) is 10.7 Å². The lowest BCUT2D eigenvalue weighted by atomic mass is 10.3. The molecular weight excluding hydrogens is 274 g/mol. The van der Waals surface area contributed by atoms with Gasteiger partial charge in [0, 0.05) is 11.1 Å². The second-order valence-electron chi connectivity index (χ2n) is 4.18. The van der Waals surface area contributed by atoms with Gasteiger partial charge in [-0.25, -0.2) is 10.8 Å². The molecule has 0 bridgehead atoms. The average Bonchev–Trinajstić information content (AvgIpc) is 2.86. The highest BCUT2D eigenvalue weighted by molar-refractivity contribution is 7.18. The molecule has 0 saturated carbocycles. The van der Waals surface area contributed by atoms with Crippen LogP contribution in [0.15, 0.2) is 24.4 Å². The largest absolute Gasteiger partial charge is 0.364 e. The minimum atomic E-state index is 0.390. The van der Waals surface area contributed by atoms with Crippen LogP contribution >= 0.6 is 11.3 Å². The number of aromatic nitrogens is 4. The van der Waals surface area contributed by atoms with Crippen LogP contribution in [-0.2, 0) is 6.54 Å². The van der Waals surface area contributed by atoms with Crippen molar-refractivity contribution in [3.05, 3.63) is 35.0 Å². The van der Waals surface area contributed by atoms with Crippen LogP contribution in [0.4, 0.5) is 11.8 Å². The topological polar surface area (TPSA) is 102 Å². The molecule has 8 heteroatoms. The van der Waals surface area contributed by atoms with Crippen LogP contribution in [0.2, 0.25) is 0 Å². The third-order valence-electron chi connectivity index (χ3n) is 2.71. The van der Waals surface area contributed by atoms with Gasteiger partial charge in [0.15, 0.2) is 0 Å². The molecule has 0 fully saturated rings. The van der Waals surface area contributed by atoms with E-state index in [0.29, 0.717) is 12.5 Å².